The van der Waals surface area contributed by atoms with E-state index in [2.05, 4.69) is 12.2 Å². The Morgan fingerprint density at radius 2 is 2.00 bits per heavy atom. The first-order valence-corrected chi connectivity index (χ1v) is 7.79. The van der Waals surface area contributed by atoms with Gasteiger partial charge in [-0.1, -0.05) is 13.3 Å². The van der Waals surface area contributed by atoms with Gasteiger partial charge in [-0.15, -0.1) is 0 Å². The minimum absolute atomic E-state index is 0.0938. The molecular weight excluding hydrogens is 298 g/mol. The zero-order chi connectivity index (χ0) is 17.2. The molecule has 7 nitrogen and oxygen atoms in total. The molecule has 0 unspecified atom stereocenters. The van der Waals surface area contributed by atoms with Gasteiger partial charge in [0.15, 0.2) is 0 Å². The molecular formula is C16H25N3O4. The van der Waals surface area contributed by atoms with Gasteiger partial charge in [-0.25, -0.2) is 0 Å². The van der Waals surface area contributed by atoms with Gasteiger partial charge in [0.1, 0.15) is 0 Å². The van der Waals surface area contributed by atoms with E-state index in [4.69, 9.17) is 4.74 Å². The van der Waals surface area contributed by atoms with Gasteiger partial charge < -0.3 is 15.0 Å². The summed E-state index contributed by atoms with van der Waals surface area (Å²) in [5.74, 6) is -0.314. The molecule has 0 bridgehead atoms. The maximum atomic E-state index is 12.3. The number of amides is 1. The highest BCUT2D eigenvalue weighted by molar-refractivity contribution is 6.00. The minimum Gasteiger partial charge on any atom is -0.381 e. The fourth-order valence-electron chi connectivity index (χ4n) is 2.03. The highest BCUT2D eigenvalue weighted by atomic mass is 16.6. The summed E-state index contributed by atoms with van der Waals surface area (Å²) in [6.45, 7) is 3.90. The molecule has 0 aliphatic rings. The number of non-ortho nitro benzene ring substituents is 1. The molecule has 0 saturated heterocycles. The summed E-state index contributed by atoms with van der Waals surface area (Å²) in [6, 6.07) is 4.29. The number of hydrogen-bond acceptors (Lipinski definition) is 5. The molecule has 1 rings (SSSR count). The van der Waals surface area contributed by atoms with E-state index in [1.54, 1.807) is 25.1 Å². The van der Waals surface area contributed by atoms with E-state index in [0.29, 0.717) is 30.8 Å². The molecule has 0 radical (unpaired) electrons. The van der Waals surface area contributed by atoms with E-state index in [9.17, 15) is 14.9 Å². The number of nitrogens with one attached hydrogen (secondary N) is 1. The SMILES string of the molecule is CCCCOCCCNC(=O)c1cc([N+](=O)[O-])ccc1N(C)C. The second-order valence-electron chi connectivity index (χ2n) is 5.43. The van der Waals surface area contributed by atoms with Crippen LogP contribution in [0.15, 0.2) is 18.2 Å². The van der Waals surface area contributed by atoms with Crippen LogP contribution in [0.1, 0.15) is 36.5 Å². The predicted molar refractivity (Wildman–Crippen MR) is 90.1 cm³/mol. The Bertz CT molecular complexity index is 532. The molecule has 1 aromatic rings. The van der Waals surface area contributed by atoms with Crippen LogP contribution in [0.2, 0.25) is 0 Å². The average molecular weight is 323 g/mol. The first-order valence-electron chi connectivity index (χ1n) is 7.79. The summed E-state index contributed by atoms with van der Waals surface area (Å²) < 4.78 is 5.43. The lowest BCUT2D eigenvalue weighted by Gasteiger charge is -2.17. The van der Waals surface area contributed by atoms with Gasteiger partial charge in [-0.05, 0) is 18.9 Å². The molecule has 0 aromatic heterocycles. The molecule has 1 aromatic carbocycles. The van der Waals surface area contributed by atoms with Crippen LogP contribution in [0.25, 0.3) is 0 Å². The zero-order valence-corrected chi connectivity index (χ0v) is 14.0. The van der Waals surface area contributed by atoms with Crippen LogP contribution in [-0.2, 0) is 4.74 Å². The Morgan fingerprint density at radius 1 is 1.30 bits per heavy atom. The number of nitro groups is 1. The minimum atomic E-state index is -0.502. The van der Waals surface area contributed by atoms with Crippen LogP contribution in [0.4, 0.5) is 11.4 Å². The summed E-state index contributed by atoms with van der Waals surface area (Å²) in [6.07, 6.45) is 2.84. The summed E-state index contributed by atoms with van der Waals surface area (Å²) in [5.41, 5.74) is 0.854. The Kier molecular flexibility index (Phi) is 8.04. The summed E-state index contributed by atoms with van der Waals surface area (Å²) in [7, 11) is 3.58. The van der Waals surface area contributed by atoms with Crippen molar-refractivity contribution in [1.29, 1.82) is 0 Å². The van der Waals surface area contributed by atoms with Gasteiger partial charge in [0.05, 0.1) is 10.5 Å². The second-order valence-corrected chi connectivity index (χ2v) is 5.43. The standard InChI is InChI=1S/C16H25N3O4/c1-4-5-10-23-11-6-9-17-16(20)14-12-13(19(21)22)7-8-15(14)18(2)3/h7-8,12H,4-6,9-11H2,1-3H3,(H,17,20). The Balaban J connectivity index is 2.60. The van der Waals surface area contributed by atoms with E-state index in [-0.39, 0.29) is 11.6 Å². The van der Waals surface area contributed by atoms with Gasteiger partial charge in [0, 0.05) is 51.7 Å². The van der Waals surface area contributed by atoms with E-state index in [0.717, 1.165) is 19.4 Å². The van der Waals surface area contributed by atoms with E-state index in [1.807, 2.05) is 0 Å². The second kappa shape index (κ2) is 9.78. The lowest BCUT2D eigenvalue weighted by atomic mass is 10.1. The monoisotopic (exact) mass is 323 g/mol. The lowest BCUT2D eigenvalue weighted by molar-refractivity contribution is -0.384. The first-order chi connectivity index (χ1) is 11.0. The van der Waals surface area contributed by atoms with Crippen molar-refractivity contribution >= 4 is 17.3 Å². The number of nitro benzene ring substituents is 1. The Morgan fingerprint density at radius 3 is 2.61 bits per heavy atom. The quantitative estimate of drug-likeness (QED) is 0.406. The molecule has 23 heavy (non-hydrogen) atoms. The normalized spacial score (nSPS) is 10.4. The number of hydrogen-bond donors (Lipinski definition) is 1. The number of benzene rings is 1. The van der Waals surface area contributed by atoms with Gasteiger partial charge in [0.2, 0.25) is 0 Å². The average Bonchev–Trinajstić information content (AvgIpc) is 2.53. The summed E-state index contributed by atoms with van der Waals surface area (Å²) in [5, 5.41) is 13.7. The van der Waals surface area contributed by atoms with Crippen LogP contribution in [0, 0.1) is 10.1 Å². The van der Waals surface area contributed by atoms with E-state index in [1.165, 1.54) is 12.1 Å². The lowest BCUT2D eigenvalue weighted by Crippen LogP contribution is -2.27. The number of rotatable bonds is 10. The third kappa shape index (κ3) is 6.23. The number of carbonyl (C=O) groups excluding carboxylic acids is 1. The predicted octanol–water partition coefficient (Wildman–Crippen LogP) is 2.60. The Labute approximate surface area is 136 Å². The van der Waals surface area contributed by atoms with Crippen LogP contribution in [0.3, 0.4) is 0 Å². The molecule has 0 spiro atoms. The van der Waals surface area contributed by atoms with Crippen LogP contribution in [-0.4, -0.2) is 44.7 Å². The number of anilines is 1. The number of nitrogens with zero attached hydrogens (tertiary/aromatic N) is 2. The third-order valence-electron chi connectivity index (χ3n) is 3.31. The van der Waals surface area contributed by atoms with Gasteiger partial charge in [-0.3, -0.25) is 14.9 Å². The van der Waals surface area contributed by atoms with Crippen LogP contribution >= 0.6 is 0 Å². The first kappa shape index (κ1) is 18.9. The molecule has 128 valence electrons. The van der Waals surface area contributed by atoms with Gasteiger partial charge in [0.25, 0.3) is 11.6 Å². The van der Waals surface area contributed by atoms with E-state index >= 15 is 0 Å². The number of unbranched alkanes of at least 4 members (excludes halogenated alkanes) is 1. The molecule has 0 aliphatic heterocycles. The third-order valence-corrected chi connectivity index (χ3v) is 3.31. The fourth-order valence-corrected chi connectivity index (χ4v) is 2.03. The smallest absolute Gasteiger partial charge is 0.270 e. The molecule has 0 heterocycles. The number of ether oxygens (including phenoxy) is 1. The highest BCUT2D eigenvalue weighted by Crippen LogP contribution is 2.24. The molecule has 1 amide bonds. The van der Waals surface area contributed by atoms with Gasteiger partial charge >= 0.3 is 0 Å². The van der Waals surface area contributed by atoms with Crippen molar-refractivity contribution in [2.75, 3.05) is 38.8 Å². The summed E-state index contributed by atoms with van der Waals surface area (Å²) >= 11 is 0. The maximum absolute atomic E-state index is 12.3. The number of carbonyl (C=O) groups is 1. The molecule has 0 saturated carbocycles. The zero-order valence-electron chi connectivity index (χ0n) is 14.0. The van der Waals surface area contributed by atoms with Crippen molar-refractivity contribution in [1.82, 2.24) is 5.32 Å². The van der Waals surface area contributed by atoms with Crippen LogP contribution in [0.5, 0.6) is 0 Å². The van der Waals surface area contributed by atoms with E-state index < -0.39 is 4.92 Å². The topological polar surface area (TPSA) is 84.7 Å². The summed E-state index contributed by atoms with van der Waals surface area (Å²) in [4.78, 5) is 24.4. The van der Waals surface area contributed by atoms with Crippen molar-refractivity contribution in [3.8, 4) is 0 Å². The maximum Gasteiger partial charge on any atom is 0.270 e. The van der Waals surface area contributed by atoms with Crippen molar-refractivity contribution < 1.29 is 14.5 Å². The van der Waals surface area contributed by atoms with Crippen molar-refractivity contribution in [3.05, 3.63) is 33.9 Å². The molecule has 1 N–H and O–H groups in total. The van der Waals surface area contributed by atoms with Crippen LogP contribution < -0.4 is 10.2 Å². The van der Waals surface area contributed by atoms with Crippen molar-refractivity contribution in [2.24, 2.45) is 0 Å². The molecule has 7 heteroatoms. The van der Waals surface area contributed by atoms with Crippen molar-refractivity contribution in [2.45, 2.75) is 26.2 Å². The highest BCUT2D eigenvalue weighted by Gasteiger charge is 2.17. The molecule has 0 aliphatic carbocycles. The van der Waals surface area contributed by atoms with Gasteiger partial charge in [-0.2, -0.15) is 0 Å². The van der Waals surface area contributed by atoms with Crippen molar-refractivity contribution in [3.63, 3.8) is 0 Å². The largest absolute Gasteiger partial charge is 0.381 e. The Hall–Kier alpha value is -2.15. The molecule has 0 fully saturated rings. The molecule has 0 atom stereocenters. The fraction of sp³-hybridized carbons (Fsp3) is 0.562.